The second kappa shape index (κ2) is 4.37. The Bertz CT molecular complexity index is 356. The molecule has 1 saturated carbocycles. The van der Waals surface area contributed by atoms with Crippen molar-refractivity contribution in [2.75, 3.05) is 18.4 Å². The van der Waals surface area contributed by atoms with Crippen LogP contribution in [0.15, 0.2) is 12.3 Å². The van der Waals surface area contributed by atoms with Gasteiger partial charge < -0.3 is 10.6 Å². The first-order valence-electron chi connectivity index (χ1n) is 6.22. The number of nitrogens with one attached hydrogen (secondary N) is 2. The molecule has 0 amide bonds. The lowest BCUT2D eigenvalue weighted by Crippen LogP contribution is -2.35. The third-order valence-electron chi connectivity index (χ3n) is 3.35. The van der Waals surface area contributed by atoms with E-state index in [4.69, 9.17) is 0 Å². The number of hydrogen-bond donors (Lipinski definition) is 2. The topological polar surface area (TPSA) is 49.8 Å². The summed E-state index contributed by atoms with van der Waals surface area (Å²) in [5.41, 5.74) is 1.21. The van der Waals surface area contributed by atoms with Crippen molar-refractivity contribution in [2.45, 2.75) is 37.6 Å². The molecule has 1 aromatic rings. The zero-order valence-corrected chi connectivity index (χ0v) is 9.45. The van der Waals surface area contributed by atoms with Gasteiger partial charge in [0.1, 0.15) is 0 Å². The molecular weight excluding hydrogens is 200 g/mol. The highest BCUT2D eigenvalue weighted by molar-refractivity contribution is 5.29. The van der Waals surface area contributed by atoms with Crippen molar-refractivity contribution in [3.63, 3.8) is 0 Å². The second-order valence-electron chi connectivity index (χ2n) is 4.75. The third-order valence-corrected chi connectivity index (χ3v) is 3.35. The molecule has 2 aliphatic rings. The summed E-state index contributed by atoms with van der Waals surface area (Å²) in [6, 6.07) is 2.58. The van der Waals surface area contributed by atoms with Gasteiger partial charge >= 0.3 is 0 Å². The highest BCUT2D eigenvalue weighted by Crippen LogP contribution is 2.38. The van der Waals surface area contributed by atoms with E-state index in [2.05, 4.69) is 20.6 Å². The van der Waals surface area contributed by atoms with Gasteiger partial charge in [0.15, 0.2) is 0 Å². The van der Waals surface area contributed by atoms with E-state index >= 15 is 0 Å². The molecule has 86 valence electrons. The molecule has 1 aliphatic carbocycles. The van der Waals surface area contributed by atoms with Gasteiger partial charge in [-0.3, -0.25) is 0 Å². The van der Waals surface area contributed by atoms with Crippen LogP contribution in [0.5, 0.6) is 0 Å². The van der Waals surface area contributed by atoms with Crippen molar-refractivity contribution in [2.24, 2.45) is 0 Å². The molecule has 16 heavy (non-hydrogen) atoms. The predicted molar refractivity (Wildman–Crippen MR) is 63.5 cm³/mol. The van der Waals surface area contributed by atoms with Crippen molar-refractivity contribution in [1.29, 1.82) is 0 Å². The summed E-state index contributed by atoms with van der Waals surface area (Å²) in [5.74, 6) is 1.52. The Morgan fingerprint density at radius 3 is 2.75 bits per heavy atom. The molecule has 1 aliphatic heterocycles. The van der Waals surface area contributed by atoms with Crippen LogP contribution in [0.3, 0.4) is 0 Å². The van der Waals surface area contributed by atoms with E-state index in [9.17, 15) is 0 Å². The average Bonchev–Trinajstić information content (AvgIpc) is 3.15. The van der Waals surface area contributed by atoms with Crippen molar-refractivity contribution in [3.8, 4) is 0 Å². The van der Waals surface area contributed by atoms with E-state index in [0.717, 1.165) is 31.9 Å². The summed E-state index contributed by atoms with van der Waals surface area (Å²) in [4.78, 5) is 8.89. The molecule has 0 atom stereocenters. The van der Waals surface area contributed by atoms with Crippen LogP contribution in [-0.2, 0) is 0 Å². The first-order valence-corrected chi connectivity index (χ1v) is 6.22. The minimum atomic E-state index is 0.538. The van der Waals surface area contributed by atoms with Crippen molar-refractivity contribution < 1.29 is 0 Å². The maximum Gasteiger partial charge on any atom is 0.223 e. The van der Waals surface area contributed by atoms with Gasteiger partial charge in [-0.1, -0.05) is 0 Å². The Hall–Kier alpha value is -1.16. The molecule has 1 saturated heterocycles. The van der Waals surface area contributed by atoms with Crippen molar-refractivity contribution >= 4 is 5.95 Å². The maximum absolute atomic E-state index is 4.59. The number of rotatable bonds is 3. The lowest BCUT2D eigenvalue weighted by Gasteiger charge is -2.23. The van der Waals surface area contributed by atoms with Gasteiger partial charge in [0.25, 0.3) is 0 Å². The summed E-state index contributed by atoms with van der Waals surface area (Å²) in [6.07, 6.45) is 6.80. The summed E-state index contributed by atoms with van der Waals surface area (Å²) < 4.78 is 0. The molecule has 0 unspecified atom stereocenters. The van der Waals surface area contributed by atoms with E-state index < -0.39 is 0 Å². The van der Waals surface area contributed by atoms with Crippen molar-refractivity contribution in [1.82, 2.24) is 15.3 Å². The largest absolute Gasteiger partial charge is 0.351 e. The standard InChI is InChI=1S/C12H18N4/c1-2-9(1)11-5-8-14-12(16-11)15-10-3-6-13-7-4-10/h5,8-10,13H,1-4,6-7H2,(H,14,15,16). The zero-order valence-electron chi connectivity index (χ0n) is 9.45. The SMILES string of the molecule is c1cc(C2CC2)nc(NC2CCNCC2)n1. The molecule has 0 aromatic carbocycles. The summed E-state index contributed by atoms with van der Waals surface area (Å²) in [6.45, 7) is 2.19. The molecule has 2 heterocycles. The third kappa shape index (κ3) is 2.32. The summed E-state index contributed by atoms with van der Waals surface area (Å²) >= 11 is 0. The van der Waals surface area contributed by atoms with E-state index in [0.29, 0.717) is 12.0 Å². The summed E-state index contributed by atoms with van der Waals surface area (Å²) in [7, 11) is 0. The van der Waals surface area contributed by atoms with Crippen molar-refractivity contribution in [3.05, 3.63) is 18.0 Å². The average molecular weight is 218 g/mol. The van der Waals surface area contributed by atoms with Gasteiger partial charge in [0.05, 0.1) is 0 Å². The molecule has 1 aromatic heterocycles. The van der Waals surface area contributed by atoms with E-state index in [1.54, 1.807) is 0 Å². The molecule has 2 fully saturated rings. The smallest absolute Gasteiger partial charge is 0.223 e. The zero-order chi connectivity index (χ0) is 10.8. The Morgan fingerprint density at radius 2 is 2.00 bits per heavy atom. The lowest BCUT2D eigenvalue weighted by molar-refractivity contribution is 0.477. The van der Waals surface area contributed by atoms with E-state index in [1.165, 1.54) is 18.5 Å². The fraction of sp³-hybridized carbons (Fsp3) is 0.667. The molecule has 3 rings (SSSR count). The minimum Gasteiger partial charge on any atom is -0.351 e. The number of piperidine rings is 1. The van der Waals surface area contributed by atoms with Crippen LogP contribution in [0.1, 0.15) is 37.3 Å². The van der Waals surface area contributed by atoms with Gasteiger partial charge in [0.2, 0.25) is 5.95 Å². The van der Waals surface area contributed by atoms with E-state index in [1.807, 2.05) is 12.3 Å². The van der Waals surface area contributed by atoms with Crippen LogP contribution in [0.25, 0.3) is 0 Å². The first kappa shape index (κ1) is 10.0. The summed E-state index contributed by atoms with van der Waals surface area (Å²) in [5, 5.41) is 6.80. The fourth-order valence-corrected chi connectivity index (χ4v) is 2.20. The van der Waals surface area contributed by atoms with Crippen LogP contribution < -0.4 is 10.6 Å². The highest BCUT2D eigenvalue weighted by Gasteiger charge is 2.25. The quantitative estimate of drug-likeness (QED) is 0.807. The molecular formula is C12H18N4. The number of anilines is 1. The lowest BCUT2D eigenvalue weighted by atomic mass is 10.1. The van der Waals surface area contributed by atoms with Gasteiger partial charge in [0, 0.05) is 23.9 Å². The monoisotopic (exact) mass is 218 g/mol. The minimum absolute atomic E-state index is 0.538. The Balaban J connectivity index is 1.66. The van der Waals surface area contributed by atoms with Gasteiger partial charge in [-0.05, 0) is 44.8 Å². The van der Waals surface area contributed by atoms with Gasteiger partial charge in [-0.15, -0.1) is 0 Å². The second-order valence-corrected chi connectivity index (χ2v) is 4.75. The highest BCUT2D eigenvalue weighted by atomic mass is 15.1. The normalized spacial score (nSPS) is 22.0. The Morgan fingerprint density at radius 1 is 1.19 bits per heavy atom. The maximum atomic E-state index is 4.59. The number of hydrogen-bond acceptors (Lipinski definition) is 4. The Labute approximate surface area is 95.9 Å². The van der Waals surface area contributed by atoms with Crippen LogP contribution in [-0.4, -0.2) is 29.1 Å². The van der Waals surface area contributed by atoms with Crippen LogP contribution in [0.2, 0.25) is 0 Å². The van der Waals surface area contributed by atoms with Gasteiger partial charge in [-0.25, -0.2) is 9.97 Å². The van der Waals surface area contributed by atoms with Crippen LogP contribution in [0.4, 0.5) is 5.95 Å². The molecule has 2 N–H and O–H groups in total. The molecule has 0 radical (unpaired) electrons. The predicted octanol–water partition coefficient (Wildman–Crippen LogP) is 1.52. The van der Waals surface area contributed by atoms with Crippen LogP contribution >= 0.6 is 0 Å². The van der Waals surface area contributed by atoms with Crippen LogP contribution in [0, 0.1) is 0 Å². The van der Waals surface area contributed by atoms with Gasteiger partial charge in [-0.2, -0.15) is 0 Å². The van der Waals surface area contributed by atoms with E-state index in [-0.39, 0.29) is 0 Å². The molecule has 0 spiro atoms. The number of aromatic nitrogens is 2. The molecule has 4 heteroatoms. The Kier molecular flexibility index (Phi) is 2.74. The molecule has 4 nitrogen and oxygen atoms in total. The molecule has 0 bridgehead atoms. The number of nitrogens with zero attached hydrogens (tertiary/aromatic N) is 2. The fourth-order valence-electron chi connectivity index (χ4n) is 2.20. The first-order chi connectivity index (χ1) is 7.92.